The Kier molecular flexibility index (Phi) is 8.40. The number of ether oxygens (including phenoxy) is 3. The van der Waals surface area contributed by atoms with Gasteiger partial charge in [0.25, 0.3) is 0 Å². The highest BCUT2D eigenvalue weighted by Crippen LogP contribution is 2.31. The molecule has 0 atom stereocenters. The molecule has 3 aromatic rings. The molecular weight excluding hydrogens is 486 g/mol. The van der Waals surface area contributed by atoms with Crippen LogP contribution in [0.15, 0.2) is 47.0 Å². The SMILES string of the molecule is COc1ccc(-c2noc(CN3CCC(C(=O)NCc4ccc(N5CCOCC5)cc4)CC3)n2)cc1OC. The number of anilines is 1. The van der Waals surface area contributed by atoms with Crippen LogP contribution in [-0.2, 0) is 22.6 Å². The van der Waals surface area contributed by atoms with Crippen LogP contribution < -0.4 is 19.7 Å². The third-order valence-electron chi connectivity index (χ3n) is 7.21. The molecule has 1 N–H and O–H groups in total. The summed E-state index contributed by atoms with van der Waals surface area (Å²) < 4.78 is 21.6. The molecule has 1 amide bonds. The number of morpholine rings is 1. The van der Waals surface area contributed by atoms with Gasteiger partial charge in [-0.25, -0.2) is 0 Å². The Morgan fingerprint density at radius 2 is 1.74 bits per heavy atom. The van der Waals surface area contributed by atoms with Gasteiger partial charge in [0.1, 0.15) is 0 Å². The van der Waals surface area contributed by atoms with E-state index in [4.69, 9.17) is 18.7 Å². The first-order valence-corrected chi connectivity index (χ1v) is 13.1. The molecule has 0 unspecified atom stereocenters. The molecule has 2 aliphatic heterocycles. The van der Waals surface area contributed by atoms with Crippen LogP contribution in [0.25, 0.3) is 11.4 Å². The maximum atomic E-state index is 12.8. The summed E-state index contributed by atoms with van der Waals surface area (Å²) in [5, 5.41) is 7.25. The minimum absolute atomic E-state index is 0.0175. The van der Waals surface area contributed by atoms with Crippen LogP contribution in [0.5, 0.6) is 11.5 Å². The first-order chi connectivity index (χ1) is 18.6. The molecule has 202 valence electrons. The van der Waals surface area contributed by atoms with Gasteiger partial charge in [0.05, 0.1) is 34.0 Å². The molecule has 2 aliphatic rings. The molecule has 38 heavy (non-hydrogen) atoms. The normalized spacial score (nSPS) is 16.8. The van der Waals surface area contributed by atoms with E-state index < -0.39 is 0 Å². The lowest BCUT2D eigenvalue weighted by molar-refractivity contribution is -0.126. The fourth-order valence-electron chi connectivity index (χ4n) is 4.94. The highest BCUT2D eigenvalue weighted by molar-refractivity contribution is 5.78. The molecule has 0 aliphatic carbocycles. The number of methoxy groups -OCH3 is 2. The summed E-state index contributed by atoms with van der Waals surface area (Å²) in [4.78, 5) is 21.9. The minimum Gasteiger partial charge on any atom is -0.493 e. The fraction of sp³-hybridized carbons (Fsp3) is 0.464. The zero-order valence-corrected chi connectivity index (χ0v) is 22.0. The van der Waals surface area contributed by atoms with E-state index in [2.05, 4.69) is 49.5 Å². The predicted octanol–water partition coefficient (Wildman–Crippen LogP) is 3.12. The maximum Gasteiger partial charge on any atom is 0.241 e. The third kappa shape index (κ3) is 6.25. The number of amides is 1. The highest BCUT2D eigenvalue weighted by atomic mass is 16.5. The summed E-state index contributed by atoms with van der Waals surface area (Å²) in [6.45, 7) is 6.09. The molecule has 2 fully saturated rings. The molecule has 0 radical (unpaired) electrons. The van der Waals surface area contributed by atoms with Crippen LogP contribution in [0.3, 0.4) is 0 Å². The molecule has 2 saturated heterocycles. The number of carbonyl (C=O) groups is 1. The Labute approximate surface area is 222 Å². The molecule has 10 heteroatoms. The second kappa shape index (κ2) is 12.3. The number of carbonyl (C=O) groups excluding carboxylic acids is 1. The van der Waals surface area contributed by atoms with Gasteiger partial charge in [-0.3, -0.25) is 9.69 Å². The average molecular weight is 522 g/mol. The lowest BCUT2D eigenvalue weighted by Gasteiger charge is -2.30. The first-order valence-electron chi connectivity index (χ1n) is 13.1. The number of aromatic nitrogens is 2. The Morgan fingerprint density at radius 1 is 1.00 bits per heavy atom. The van der Waals surface area contributed by atoms with Crippen LogP contribution in [0.1, 0.15) is 24.3 Å². The Balaban J connectivity index is 1.07. The summed E-state index contributed by atoms with van der Waals surface area (Å²) >= 11 is 0. The Bertz CT molecular complexity index is 1200. The summed E-state index contributed by atoms with van der Waals surface area (Å²) in [6, 6.07) is 14.0. The average Bonchev–Trinajstić information content (AvgIpc) is 3.45. The third-order valence-corrected chi connectivity index (χ3v) is 7.21. The van der Waals surface area contributed by atoms with E-state index in [-0.39, 0.29) is 11.8 Å². The van der Waals surface area contributed by atoms with Crippen LogP contribution in [-0.4, -0.2) is 74.6 Å². The zero-order chi connectivity index (χ0) is 26.3. The summed E-state index contributed by atoms with van der Waals surface area (Å²) in [6.07, 6.45) is 1.61. The molecule has 0 saturated carbocycles. The van der Waals surface area contributed by atoms with Crippen molar-refractivity contribution in [1.29, 1.82) is 0 Å². The van der Waals surface area contributed by atoms with Gasteiger partial charge < -0.3 is 29.0 Å². The molecular formula is C28H35N5O5. The van der Waals surface area contributed by atoms with Crippen LogP contribution >= 0.6 is 0 Å². The number of nitrogens with one attached hydrogen (secondary N) is 1. The topological polar surface area (TPSA) is 102 Å². The predicted molar refractivity (Wildman–Crippen MR) is 142 cm³/mol. The Hall–Kier alpha value is -3.63. The van der Waals surface area contributed by atoms with Gasteiger partial charge >= 0.3 is 0 Å². The maximum absolute atomic E-state index is 12.8. The standard InChI is InChI=1S/C28H35N5O5/c1-35-24-8-5-22(17-25(24)36-2)27-30-26(38-31-27)19-32-11-9-21(10-12-32)28(34)29-18-20-3-6-23(7-4-20)33-13-15-37-16-14-33/h3-8,17,21H,9-16,18-19H2,1-2H3,(H,29,34). The minimum atomic E-state index is 0.0175. The van der Waals surface area contributed by atoms with E-state index in [9.17, 15) is 4.79 Å². The number of hydrogen-bond acceptors (Lipinski definition) is 9. The van der Waals surface area contributed by atoms with Gasteiger partial charge in [-0.2, -0.15) is 4.98 Å². The lowest BCUT2D eigenvalue weighted by atomic mass is 9.96. The van der Waals surface area contributed by atoms with Crippen molar-refractivity contribution in [3.63, 3.8) is 0 Å². The number of piperidine rings is 1. The van der Waals surface area contributed by atoms with Gasteiger partial charge in [0.2, 0.25) is 17.6 Å². The quantitative estimate of drug-likeness (QED) is 0.455. The van der Waals surface area contributed by atoms with Crippen molar-refractivity contribution < 1.29 is 23.5 Å². The number of nitrogens with zero attached hydrogens (tertiary/aromatic N) is 4. The zero-order valence-electron chi connectivity index (χ0n) is 22.0. The first kappa shape index (κ1) is 26.0. The molecule has 3 heterocycles. The molecule has 1 aromatic heterocycles. The van der Waals surface area contributed by atoms with Crippen LogP contribution in [0, 0.1) is 5.92 Å². The molecule has 0 spiro atoms. The van der Waals surface area contributed by atoms with E-state index in [0.717, 1.165) is 63.4 Å². The largest absolute Gasteiger partial charge is 0.493 e. The van der Waals surface area contributed by atoms with E-state index in [1.54, 1.807) is 14.2 Å². The van der Waals surface area contributed by atoms with Gasteiger partial charge in [-0.1, -0.05) is 17.3 Å². The lowest BCUT2D eigenvalue weighted by Crippen LogP contribution is -2.40. The van der Waals surface area contributed by atoms with Crippen LogP contribution in [0.4, 0.5) is 5.69 Å². The molecule has 2 aromatic carbocycles. The van der Waals surface area contributed by atoms with Crippen molar-refractivity contribution in [2.75, 3.05) is 58.5 Å². The monoisotopic (exact) mass is 521 g/mol. The number of hydrogen-bond donors (Lipinski definition) is 1. The van der Waals surface area contributed by atoms with Crippen molar-refractivity contribution in [3.8, 4) is 22.9 Å². The highest BCUT2D eigenvalue weighted by Gasteiger charge is 2.26. The van der Waals surface area contributed by atoms with Crippen molar-refractivity contribution >= 4 is 11.6 Å². The van der Waals surface area contributed by atoms with Gasteiger partial charge in [0.15, 0.2) is 11.5 Å². The van der Waals surface area contributed by atoms with Crippen molar-refractivity contribution in [2.45, 2.75) is 25.9 Å². The Morgan fingerprint density at radius 3 is 2.45 bits per heavy atom. The van der Waals surface area contributed by atoms with Crippen molar-refractivity contribution in [2.24, 2.45) is 5.92 Å². The second-order valence-corrected chi connectivity index (χ2v) is 9.62. The summed E-state index contributed by atoms with van der Waals surface area (Å²) in [5.74, 6) is 2.46. The van der Waals surface area contributed by atoms with E-state index in [1.807, 2.05) is 18.2 Å². The molecule has 10 nitrogen and oxygen atoms in total. The molecule has 0 bridgehead atoms. The van der Waals surface area contributed by atoms with E-state index in [0.29, 0.717) is 36.3 Å². The van der Waals surface area contributed by atoms with Crippen molar-refractivity contribution in [3.05, 3.63) is 53.9 Å². The van der Waals surface area contributed by atoms with Crippen LogP contribution in [0.2, 0.25) is 0 Å². The number of likely N-dealkylation sites (tertiary alicyclic amines) is 1. The second-order valence-electron chi connectivity index (χ2n) is 9.62. The summed E-state index contributed by atoms with van der Waals surface area (Å²) in [5.41, 5.74) is 3.10. The van der Waals surface area contributed by atoms with Gasteiger partial charge in [-0.15, -0.1) is 0 Å². The number of rotatable bonds is 9. The number of benzene rings is 2. The smallest absolute Gasteiger partial charge is 0.241 e. The molecule has 5 rings (SSSR count). The van der Waals surface area contributed by atoms with Gasteiger partial charge in [-0.05, 0) is 61.8 Å². The summed E-state index contributed by atoms with van der Waals surface area (Å²) in [7, 11) is 3.19. The van der Waals surface area contributed by atoms with E-state index in [1.165, 1.54) is 5.69 Å². The van der Waals surface area contributed by atoms with Gasteiger partial charge in [0, 0.05) is 36.8 Å². The van der Waals surface area contributed by atoms with Crippen molar-refractivity contribution in [1.82, 2.24) is 20.4 Å². The fourth-order valence-corrected chi connectivity index (χ4v) is 4.94. The van der Waals surface area contributed by atoms with E-state index >= 15 is 0 Å².